The van der Waals surface area contributed by atoms with Crippen LogP contribution in [0.15, 0.2) is 231 Å². The van der Waals surface area contributed by atoms with Crippen LogP contribution in [0.25, 0.3) is 66.8 Å². The lowest BCUT2D eigenvalue weighted by Gasteiger charge is -2.34. The normalized spacial score (nSPS) is 12.5. The van der Waals surface area contributed by atoms with Crippen molar-refractivity contribution in [3.63, 3.8) is 0 Å². The van der Waals surface area contributed by atoms with Crippen LogP contribution < -0.4 is 0 Å². The predicted octanol–water partition coefficient (Wildman–Crippen LogP) is 14.4. The van der Waals surface area contributed by atoms with Gasteiger partial charge in [0.05, 0.1) is 5.41 Å². The molecule has 0 N–H and O–H groups in total. The first-order valence-electron chi connectivity index (χ1n) is 19.1. The summed E-state index contributed by atoms with van der Waals surface area (Å²) < 4.78 is 0. The quantitative estimate of drug-likeness (QED) is 0.155. The third-order valence-corrected chi connectivity index (χ3v) is 11.4. The first-order chi connectivity index (χ1) is 27.3. The molecule has 0 amide bonds. The van der Waals surface area contributed by atoms with E-state index in [1.54, 1.807) is 0 Å². The van der Waals surface area contributed by atoms with Crippen LogP contribution in [0.3, 0.4) is 0 Å². The zero-order chi connectivity index (χ0) is 36.6. The van der Waals surface area contributed by atoms with Gasteiger partial charge in [0.15, 0.2) is 0 Å². The van der Waals surface area contributed by atoms with Crippen LogP contribution in [-0.2, 0) is 5.41 Å². The molecule has 0 heterocycles. The van der Waals surface area contributed by atoms with E-state index < -0.39 is 5.41 Å². The van der Waals surface area contributed by atoms with Crippen LogP contribution in [0.2, 0.25) is 0 Å². The van der Waals surface area contributed by atoms with Crippen molar-refractivity contribution in [1.29, 1.82) is 0 Å². The molecule has 0 fully saturated rings. The fraction of sp³-hybridized carbons (Fsp3) is 0.0182. The molecular weight excluding hydrogens is 661 g/mol. The summed E-state index contributed by atoms with van der Waals surface area (Å²) >= 11 is 0. The molecule has 0 heteroatoms. The van der Waals surface area contributed by atoms with E-state index in [0.29, 0.717) is 0 Å². The van der Waals surface area contributed by atoms with Gasteiger partial charge in [0.1, 0.15) is 0 Å². The Labute approximate surface area is 323 Å². The summed E-state index contributed by atoms with van der Waals surface area (Å²) in [6.07, 6.45) is 0. The monoisotopic (exact) mass is 698 g/mol. The molecule has 0 unspecified atom stereocenters. The van der Waals surface area contributed by atoms with Crippen molar-refractivity contribution in [3.8, 4) is 66.8 Å². The highest BCUT2D eigenvalue weighted by Crippen LogP contribution is 2.56. The van der Waals surface area contributed by atoms with E-state index in [1.165, 1.54) is 89.0 Å². The van der Waals surface area contributed by atoms with Gasteiger partial charge in [-0.25, -0.2) is 0 Å². The Bertz CT molecular complexity index is 2740. The third-order valence-electron chi connectivity index (χ3n) is 11.4. The Morgan fingerprint density at radius 1 is 0.200 bits per heavy atom. The summed E-state index contributed by atoms with van der Waals surface area (Å²) in [6, 6.07) is 84.4. The molecule has 1 aliphatic carbocycles. The van der Waals surface area contributed by atoms with Gasteiger partial charge in [-0.3, -0.25) is 0 Å². The van der Waals surface area contributed by atoms with Crippen LogP contribution in [0.4, 0.5) is 0 Å². The minimum Gasteiger partial charge on any atom is -0.0622 e. The van der Waals surface area contributed by atoms with E-state index in [0.717, 1.165) is 0 Å². The summed E-state index contributed by atoms with van der Waals surface area (Å²) in [6.45, 7) is 0. The molecule has 0 saturated heterocycles. The Morgan fingerprint density at radius 3 is 1.02 bits per heavy atom. The number of hydrogen-bond donors (Lipinski definition) is 0. The van der Waals surface area contributed by atoms with Crippen molar-refractivity contribution < 1.29 is 0 Å². The van der Waals surface area contributed by atoms with E-state index in [9.17, 15) is 0 Å². The lowest BCUT2D eigenvalue weighted by Crippen LogP contribution is -2.28. The standard InChI is InChI=1S/C55H38/c1-4-15-39(16-5-1)42-17-12-20-45(35-42)46-21-13-18-43(36-46)40-29-31-41(32-30-40)44-19-14-22-47(37-44)48-33-34-52-51-27-10-11-28-53(51)55(54(52)38-48,49-23-6-2-7-24-49)50-25-8-3-9-26-50/h1-38H. The fourth-order valence-electron chi connectivity index (χ4n) is 8.74. The Hall–Kier alpha value is -7.02. The second-order valence-corrected chi connectivity index (χ2v) is 14.5. The molecule has 1 aliphatic rings. The van der Waals surface area contributed by atoms with Crippen LogP contribution in [-0.4, -0.2) is 0 Å². The maximum Gasteiger partial charge on any atom is 0.0713 e. The molecule has 0 saturated carbocycles. The van der Waals surface area contributed by atoms with Crippen molar-refractivity contribution >= 4 is 0 Å². The minimum absolute atomic E-state index is 0.417. The van der Waals surface area contributed by atoms with E-state index in [-0.39, 0.29) is 0 Å². The predicted molar refractivity (Wildman–Crippen MR) is 231 cm³/mol. The lowest BCUT2D eigenvalue weighted by molar-refractivity contribution is 0.769. The largest absolute Gasteiger partial charge is 0.0713 e. The molecule has 55 heavy (non-hydrogen) atoms. The molecule has 9 aromatic carbocycles. The molecular formula is C55H38. The van der Waals surface area contributed by atoms with Gasteiger partial charge >= 0.3 is 0 Å². The van der Waals surface area contributed by atoms with Crippen LogP contribution >= 0.6 is 0 Å². The molecule has 258 valence electrons. The first-order valence-corrected chi connectivity index (χ1v) is 19.1. The number of fused-ring (bicyclic) bond motifs is 3. The van der Waals surface area contributed by atoms with Crippen molar-refractivity contribution in [2.24, 2.45) is 0 Å². The van der Waals surface area contributed by atoms with Gasteiger partial charge in [-0.1, -0.05) is 206 Å². The Balaban J connectivity index is 0.994. The van der Waals surface area contributed by atoms with Gasteiger partial charge in [0.25, 0.3) is 0 Å². The van der Waals surface area contributed by atoms with Gasteiger partial charge in [0, 0.05) is 0 Å². The number of hydrogen-bond acceptors (Lipinski definition) is 0. The zero-order valence-corrected chi connectivity index (χ0v) is 30.4. The molecule has 10 rings (SSSR count). The average Bonchev–Trinajstić information content (AvgIpc) is 3.58. The lowest BCUT2D eigenvalue weighted by atomic mass is 9.67. The van der Waals surface area contributed by atoms with Crippen LogP contribution in [0.5, 0.6) is 0 Å². The average molecular weight is 699 g/mol. The van der Waals surface area contributed by atoms with E-state index in [4.69, 9.17) is 0 Å². The van der Waals surface area contributed by atoms with Gasteiger partial charge in [-0.05, 0) is 113 Å². The molecule has 9 aromatic rings. The molecule has 0 aromatic heterocycles. The number of rotatable bonds is 7. The molecule has 0 radical (unpaired) electrons. The molecule has 0 atom stereocenters. The topological polar surface area (TPSA) is 0 Å². The summed E-state index contributed by atoms with van der Waals surface area (Å²) in [5.74, 6) is 0. The van der Waals surface area contributed by atoms with Crippen molar-refractivity contribution in [2.45, 2.75) is 5.41 Å². The Morgan fingerprint density at radius 2 is 0.527 bits per heavy atom. The van der Waals surface area contributed by atoms with Crippen LogP contribution in [0.1, 0.15) is 22.3 Å². The van der Waals surface area contributed by atoms with E-state index in [1.807, 2.05) is 0 Å². The summed E-state index contributed by atoms with van der Waals surface area (Å²) in [5.41, 5.74) is 19.6. The summed E-state index contributed by atoms with van der Waals surface area (Å²) in [4.78, 5) is 0. The summed E-state index contributed by atoms with van der Waals surface area (Å²) in [7, 11) is 0. The molecule has 0 nitrogen and oxygen atoms in total. The van der Waals surface area contributed by atoms with Gasteiger partial charge in [-0.15, -0.1) is 0 Å². The van der Waals surface area contributed by atoms with Gasteiger partial charge < -0.3 is 0 Å². The summed E-state index contributed by atoms with van der Waals surface area (Å²) in [5, 5.41) is 0. The highest BCUT2D eigenvalue weighted by Gasteiger charge is 2.46. The molecule has 0 spiro atoms. The smallest absolute Gasteiger partial charge is 0.0622 e. The highest BCUT2D eigenvalue weighted by atomic mass is 14.5. The zero-order valence-electron chi connectivity index (χ0n) is 30.4. The highest BCUT2D eigenvalue weighted by molar-refractivity contribution is 5.89. The second kappa shape index (κ2) is 13.8. The van der Waals surface area contributed by atoms with E-state index >= 15 is 0 Å². The Kier molecular flexibility index (Phi) is 8.16. The fourth-order valence-corrected chi connectivity index (χ4v) is 8.74. The second-order valence-electron chi connectivity index (χ2n) is 14.5. The first kappa shape index (κ1) is 32.6. The van der Waals surface area contributed by atoms with Crippen molar-refractivity contribution in [1.82, 2.24) is 0 Å². The van der Waals surface area contributed by atoms with Crippen molar-refractivity contribution in [2.75, 3.05) is 0 Å². The van der Waals surface area contributed by atoms with Gasteiger partial charge in [0.2, 0.25) is 0 Å². The maximum atomic E-state index is 2.44. The van der Waals surface area contributed by atoms with E-state index in [2.05, 4.69) is 231 Å². The van der Waals surface area contributed by atoms with Gasteiger partial charge in [-0.2, -0.15) is 0 Å². The third kappa shape index (κ3) is 5.71. The number of benzene rings is 9. The molecule has 0 bridgehead atoms. The maximum absolute atomic E-state index is 2.44. The van der Waals surface area contributed by atoms with Crippen LogP contribution in [0, 0.1) is 0 Å². The SMILES string of the molecule is c1ccc(-c2cccc(-c3cccc(-c4ccc(-c5cccc(-c6ccc7c(c6)C(c6ccccc6)(c6ccccc6)c6ccccc6-7)c5)cc4)c3)c2)cc1. The molecule has 0 aliphatic heterocycles. The van der Waals surface area contributed by atoms with Crippen molar-refractivity contribution in [3.05, 3.63) is 253 Å². The minimum atomic E-state index is -0.417.